The van der Waals surface area contributed by atoms with E-state index in [4.69, 9.17) is 19.0 Å². The first-order chi connectivity index (χ1) is 16.0. The van der Waals surface area contributed by atoms with E-state index in [1.54, 1.807) is 13.3 Å². The molecule has 4 aromatic rings. The average molecular weight is 443 g/mol. The zero-order valence-corrected chi connectivity index (χ0v) is 19.9. The second kappa shape index (κ2) is 9.90. The molecule has 0 fully saturated rings. The number of pyridine rings is 1. The van der Waals surface area contributed by atoms with Crippen LogP contribution in [-0.2, 0) is 19.4 Å². The van der Waals surface area contributed by atoms with Crippen molar-refractivity contribution in [1.82, 2.24) is 10.1 Å². The molecule has 0 aliphatic heterocycles. The van der Waals surface area contributed by atoms with Crippen molar-refractivity contribution in [3.63, 3.8) is 0 Å². The number of benzene rings is 2. The molecule has 0 atom stereocenters. The molecule has 0 aliphatic rings. The molecule has 0 bridgehead atoms. The van der Waals surface area contributed by atoms with Gasteiger partial charge in [0.1, 0.15) is 18.1 Å². The van der Waals surface area contributed by atoms with Gasteiger partial charge in [-0.05, 0) is 61.6 Å². The van der Waals surface area contributed by atoms with Gasteiger partial charge in [0.2, 0.25) is 0 Å². The number of aromatic nitrogens is 2. The summed E-state index contributed by atoms with van der Waals surface area (Å²) >= 11 is 0. The van der Waals surface area contributed by atoms with Crippen molar-refractivity contribution in [1.29, 1.82) is 0 Å². The van der Waals surface area contributed by atoms with Gasteiger partial charge in [-0.2, -0.15) is 0 Å². The van der Waals surface area contributed by atoms with Crippen LogP contribution in [0.5, 0.6) is 11.5 Å². The van der Waals surface area contributed by atoms with Crippen molar-refractivity contribution in [3.05, 3.63) is 82.7 Å². The molecule has 0 spiro atoms. The number of methoxy groups -OCH3 is 1. The molecule has 4 rings (SSSR count). The van der Waals surface area contributed by atoms with Gasteiger partial charge in [-0.25, -0.2) is 0 Å². The van der Waals surface area contributed by atoms with Gasteiger partial charge < -0.3 is 14.0 Å². The topological polar surface area (TPSA) is 57.4 Å². The van der Waals surface area contributed by atoms with Gasteiger partial charge in [0.25, 0.3) is 0 Å². The maximum atomic E-state index is 6.28. The number of rotatable bonds is 8. The molecule has 5 heteroatoms. The predicted molar refractivity (Wildman–Crippen MR) is 131 cm³/mol. The Morgan fingerprint density at radius 3 is 2.30 bits per heavy atom. The quantitative estimate of drug-likeness (QED) is 0.303. The molecule has 5 nitrogen and oxygen atoms in total. The van der Waals surface area contributed by atoms with Gasteiger partial charge in [-0.3, -0.25) is 4.98 Å². The molecule has 2 heterocycles. The van der Waals surface area contributed by atoms with Gasteiger partial charge in [0.15, 0.2) is 5.76 Å². The van der Waals surface area contributed by atoms with Gasteiger partial charge in [0.05, 0.1) is 24.6 Å². The minimum atomic E-state index is 0.398. The fraction of sp³-hybridized carbons (Fsp3) is 0.286. The molecule has 0 saturated heterocycles. The fourth-order valence-corrected chi connectivity index (χ4v) is 4.23. The van der Waals surface area contributed by atoms with E-state index in [9.17, 15) is 0 Å². The SMILES string of the molecule is CCc1cccc(CC)c1-c1cc(C)c(COc2cc(OC)ccc2-c2ccno2)c(C)n1. The van der Waals surface area contributed by atoms with Crippen LogP contribution in [0.4, 0.5) is 0 Å². The lowest BCUT2D eigenvalue weighted by Crippen LogP contribution is -2.06. The lowest BCUT2D eigenvalue weighted by molar-refractivity contribution is 0.301. The van der Waals surface area contributed by atoms with Gasteiger partial charge in [0, 0.05) is 29.0 Å². The summed E-state index contributed by atoms with van der Waals surface area (Å²) in [6.07, 6.45) is 3.58. The standard InChI is InChI=1S/C28H30N2O3/c1-6-20-9-8-10-21(7-2)28(20)25-15-18(3)24(19(4)30-25)17-32-27-16-22(31-5)11-12-23(27)26-13-14-29-33-26/h8-16H,6-7,17H2,1-5H3. The van der Waals surface area contributed by atoms with Crippen LogP contribution in [-0.4, -0.2) is 17.3 Å². The van der Waals surface area contributed by atoms with Gasteiger partial charge >= 0.3 is 0 Å². The molecular formula is C28H30N2O3. The van der Waals surface area contributed by atoms with Gasteiger partial charge in [-0.1, -0.05) is 37.2 Å². The van der Waals surface area contributed by atoms with Crippen LogP contribution >= 0.6 is 0 Å². The summed E-state index contributed by atoms with van der Waals surface area (Å²) in [6, 6.07) is 16.2. The molecule has 0 aliphatic carbocycles. The van der Waals surface area contributed by atoms with Crippen LogP contribution in [0.15, 0.2) is 59.3 Å². The Hall–Kier alpha value is -3.60. The summed E-state index contributed by atoms with van der Waals surface area (Å²) in [5.41, 5.74) is 9.01. The lowest BCUT2D eigenvalue weighted by Gasteiger charge is -2.17. The smallest absolute Gasteiger partial charge is 0.170 e. The highest BCUT2D eigenvalue weighted by atomic mass is 16.5. The fourth-order valence-electron chi connectivity index (χ4n) is 4.23. The van der Waals surface area contributed by atoms with Crippen LogP contribution in [0.3, 0.4) is 0 Å². The summed E-state index contributed by atoms with van der Waals surface area (Å²) in [7, 11) is 1.64. The first kappa shape index (κ1) is 22.6. The molecule has 170 valence electrons. The Morgan fingerprint density at radius 1 is 0.939 bits per heavy atom. The van der Waals surface area contributed by atoms with Crippen molar-refractivity contribution in [2.24, 2.45) is 0 Å². The first-order valence-corrected chi connectivity index (χ1v) is 11.4. The summed E-state index contributed by atoms with van der Waals surface area (Å²) in [4.78, 5) is 5.01. The van der Waals surface area contributed by atoms with E-state index in [0.717, 1.165) is 46.7 Å². The van der Waals surface area contributed by atoms with Crippen molar-refractivity contribution in [2.45, 2.75) is 47.1 Å². The van der Waals surface area contributed by atoms with E-state index >= 15 is 0 Å². The minimum absolute atomic E-state index is 0.398. The highest BCUT2D eigenvalue weighted by molar-refractivity contribution is 5.70. The monoisotopic (exact) mass is 442 g/mol. The predicted octanol–water partition coefficient (Wildman–Crippen LogP) is 6.73. The first-order valence-electron chi connectivity index (χ1n) is 11.4. The highest BCUT2D eigenvalue weighted by Crippen LogP contribution is 2.35. The Morgan fingerprint density at radius 2 is 1.70 bits per heavy atom. The number of ether oxygens (including phenoxy) is 2. The Balaban J connectivity index is 1.67. The summed E-state index contributed by atoms with van der Waals surface area (Å²) in [5.74, 6) is 2.05. The van der Waals surface area contributed by atoms with E-state index in [1.165, 1.54) is 16.7 Å². The van der Waals surface area contributed by atoms with Crippen LogP contribution in [0.25, 0.3) is 22.6 Å². The van der Waals surface area contributed by atoms with Crippen molar-refractivity contribution < 1.29 is 14.0 Å². The third kappa shape index (κ3) is 4.63. The Kier molecular flexibility index (Phi) is 6.78. The van der Waals surface area contributed by atoms with Crippen molar-refractivity contribution in [3.8, 4) is 34.1 Å². The third-order valence-corrected chi connectivity index (χ3v) is 6.07. The van der Waals surface area contributed by atoms with Crippen LogP contribution in [0.1, 0.15) is 41.8 Å². The van der Waals surface area contributed by atoms with Crippen LogP contribution in [0, 0.1) is 13.8 Å². The van der Waals surface area contributed by atoms with Gasteiger partial charge in [-0.15, -0.1) is 0 Å². The number of hydrogen-bond acceptors (Lipinski definition) is 5. The molecule has 2 aromatic carbocycles. The molecule has 2 aromatic heterocycles. The highest BCUT2D eigenvalue weighted by Gasteiger charge is 2.16. The second-order valence-corrected chi connectivity index (χ2v) is 8.07. The lowest BCUT2D eigenvalue weighted by atomic mass is 9.93. The van der Waals surface area contributed by atoms with E-state index < -0.39 is 0 Å². The largest absolute Gasteiger partial charge is 0.497 e. The van der Waals surface area contributed by atoms with Crippen LogP contribution < -0.4 is 9.47 Å². The van der Waals surface area contributed by atoms with E-state index in [-0.39, 0.29) is 0 Å². The zero-order chi connectivity index (χ0) is 23.4. The normalized spacial score (nSPS) is 10.9. The average Bonchev–Trinajstić information content (AvgIpc) is 3.37. The van der Waals surface area contributed by atoms with E-state index in [1.807, 2.05) is 24.3 Å². The molecule has 0 saturated carbocycles. The maximum Gasteiger partial charge on any atom is 0.170 e. The molecular weight excluding hydrogens is 412 g/mol. The molecule has 0 unspecified atom stereocenters. The zero-order valence-electron chi connectivity index (χ0n) is 19.9. The van der Waals surface area contributed by atoms with E-state index in [0.29, 0.717) is 18.1 Å². The summed E-state index contributed by atoms with van der Waals surface area (Å²) < 4.78 is 17.0. The Bertz CT molecular complexity index is 1200. The second-order valence-electron chi connectivity index (χ2n) is 8.07. The van der Waals surface area contributed by atoms with Crippen LogP contribution in [0.2, 0.25) is 0 Å². The van der Waals surface area contributed by atoms with Crippen molar-refractivity contribution >= 4 is 0 Å². The molecule has 33 heavy (non-hydrogen) atoms. The van der Waals surface area contributed by atoms with E-state index in [2.05, 4.69) is 57.1 Å². The third-order valence-electron chi connectivity index (χ3n) is 6.07. The summed E-state index contributed by atoms with van der Waals surface area (Å²) in [6.45, 7) is 8.97. The number of aryl methyl sites for hydroxylation is 4. The number of hydrogen-bond donors (Lipinski definition) is 0. The Labute approximate surface area is 195 Å². The minimum Gasteiger partial charge on any atom is -0.497 e. The molecule has 0 radical (unpaired) electrons. The maximum absolute atomic E-state index is 6.28. The number of nitrogens with zero attached hydrogens (tertiary/aromatic N) is 2. The van der Waals surface area contributed by atoms with Crippen molar-refractivity contribution in [2.75, 3.05) is 7.11 Å². The molecule has 0 N–H and O–H groups in total. The molecule has 0 amide bonds. The summed E-state index contributed by atoms with van der Waals surface area (Å²) in [5, 5.41) is 3.82.